The van der Waals surface area contributed by atoms with Crippen LogP contribution in [0.3, 0.4) is 0 Å². The monoisotopic (exact) mass is 307 g/mol. The maximum atomic E-state index is 12.5. The number of nitrogens with two attached hydrogens (primary N) is 1. The van der Waals surface area contributed by atoms with Crippen molar-refractivity contribution in [3.8, 4) is 6.07 Å². The molecule has 1 heterocycles. The van der Waals surface area contributed by atoms with Gasteiger partial charge in [-0.3, -0.25) is 0 Å². The lowest BCUT2D eigenvalue weighted by Crippen LogP contribution is -2.45. The number of hydrogen-bond donors (Lipinski definition) is 1. The van der Waals surface area contributed by atoms with E-state index in [-0.39, 0.29) is 17.7 Å². The van der Waals surface area contributed by atoms with Crippen molar-refractivity contribution < 1.29 is 8.42 Å². The van der Waals surface area contributed by atoms with Gasteiger partial charge in [-0.2, -0.15) is 5.26 Å². The molecule has 1 saturated heterocycles. The lowest BCUT2D eigenvalue weighted by Gasteiger charge is -2.33. The number of benzene rings is 1. The molecule has 1 aliphatic rings. The van der Waals surface area contributed by atoms with E-state index in [0.29, 0.717) is 24.2 Å². The number of piperidine rings is 1. The molecule has 0 amide bonds. The van der Waals surface area contributed by atoms with E-state index in [1.165, 1.54) is 0 Å². The summed E-state index contributed by atoms with van der Waals surface area (Å²) in [6, 6.07) is 8.79. The fraction of sp³-hybridized carbons (Fsp3) is 0.533. The third kappa shape index (κ3) is 4.03. The van der Waals surface area contributed by atoms with Crippen molar-refractivity contribution in [1.82, 2.24) is 4.31 Å². The molecular formula is C15H21N3O2S. The summed E-state index contributed by atoms with van der Waals surface area (Å²) in [5.41, 5.74) is 7.04. The van der Waals surface area contributed by atoms with E-state index in [4.69, 9.17) is 11.0 Å². The van der Waals surface area contributed by atoms with E-state index in [2.05, 4.69) is 0 Å². The smallest absolute Gasteiger partial charge is 0.218 e. The molecule has 0 spiro atoms. The Labute approximate surface area is 126 Å². The second kappa shape index (κ2) is 6.56. The fourth-order valence-corrected chi connectivity index (χ4v) is 4.30. The van der Waals surface area contributed by atoms with Crippen molar-refractivity contribution in [2.45, 2.75) is 31.6 Å². The van der Waals surface area contributed by atoms with E-state index in [9.17, 15) is 8.42 Å². The first-order valence-electron chi connectivity index (χ1n) is 7.15. The Morgan fingerprint density at radius 2 is 2.29 bits per heavy atom. The molecule has 114 valence electrons. The normalized spacial score (nSPS) is 21.7. The highest BCUT2D eigenvalue weighted by Crippen LogP contribution is 2.23. The van der Waals surface area contributed by atoms with Crippen LogP contribution in [0.5, 0.6) is 0 Å². The second-order valence-electron chi connectivity index (χ2n) is 5.69. The quantitative estimate of drug-likeness (QED) is 0.912. The van der Waals surface area contributed by atoms with Crippen LogP contribution in [0.25, 0.3) is 0 Å². The van der Waals surface area contributed by atoms with Crippen molar-refractivity contribution in [2.75, 3.05) is 13.1 Å². The first-order valence-corrected chi connectivity index (χ1v) is 8.76. The number of nitrogens with zero attached hydrogens (tertiary/aromatic N) is 2. The first-order chi connectivity index (χ1) is 9.92. The van der Waals surface area contributed by atoms with Gasteiger partial charge < -0.3 is 5.73 Å². The fourth-order valence-electron chi connectivity index (χ4n) is 2.69. The summed E-state index contributed by atoms with van der Waals surface area (Å²) >= 11 is 0. The van der Waals surface area contributed by atoms with E-state index in [1.54, 1.807) is 28.6 Å². The summed E-state index contributed by atoms with van der Waals surface area (Å²) < 4.78 is 26.6. The van der Waals surface area contributed by atoms with E-state index in [1.807, 2.05) is 13.0 Å². The minimum atomic E-state index is -3.36. The van der Waals surface area contributed by atoms with Crippen LogP contribution in [-0.2, 0) is 15.8 Å². The molecule has 2 atom stereocenters. The van der Waals surface area contributed by atoms with Crippen molar-refractivity contribution >= 4 is 10.0 Å². The highest BCUT2D eigenvalue weighted by Gasteiger charge is 2.30. The van der Waals surface area contributed by atoms with Crippen LogP contribution in [0.4, 0.5) is 0 Å². The van der Waals surface area contributed by atoms with Crippen LogP contribution in [-0.4, -0.2) is 31.9 Å². The lowest BCUT2D eigenvalue weighted by atomic mass is 9.93. The molecule has 1 aliphatic heterocycles. The van der Waals surface area contributed by atoms with Gasteiger partial charge in [-0.25, -0.2) is 12.7 Å². The first kappa shape index (κ1) is 16.0. The summed E-state index contributed by atoms with van der Waals surface area (Å²) in [6.45, 7) is 2.98. The van der Waals surface area contributed by atoms with Gasteiger partial charge in [-0.1, -0.05) is 12.1 Å². The van der Waals surface area contributed by atoms with Gasteiger partial charge in [0.15, 0.2) is 0 Å². The van der Waals surface area contributed by atoms with E-state index < -0.39 is 10.0 Å². The molecule has 0 aromatic heterocycles. The Morgan fingerprint density at radius 1 is 1.52 bits per heavy atom. The number of sulfonamides is 1. The van der Waals surface area contributed by atoms with Crippen LogP contribution in [0.15, 0.2) is 24.3 Å². The van der Waals surface area contributed by atoms with Gasteiger partial charge in [-0.05, 0) is 43.4 Å². The minimum absolute atomic E-state index is 0.00455. The maximum absolute atomic E-state index is 12.5. The Kier molecular flexibility index (Phi) is 4.99. The predicted octanol–water partition coefficient (Wildman–Crippen LogP) is 1.45. The molecular weight excluding hydrogens is 286 g/mol. The Balaban J connectivity index is 2.12. The molecule has 0 aliphatic carbocycles. The van der Waals surface area contributed by atoms with Gasteiger partial charge in [0.25, 0.3) is 0 Å². The molecule has 1 fully saturated rings. The van der Waals surface area contributed by atoms with Gasteiger partial charge in [0.1, 0.15) is 0 Å². The molecule has 0 radical (unpaired) electrons. The molecule has 0 unspecified atom stereocenters. The number of hydrogen-bond acceptors (Lipinski definition) is 4. The predicted molar refractivity (Wildman–Crippen MR) is 81.7 cm³/mol. The summed E-state index contributed by atoms with van der Waals surface area (Å²) in [5.74, 6) is 0.160. The average Bonchev–Trinajstić information content (AvgIpc) is 2.47. The SMILES string of the molecule is C[C@H](N)[C@H]1CCCN(S(=O)(=O)Cc2cccc(C#N)c2)C1. The van der Waals surface area contributed by atoms with Crippen molar-refractivity contribution in [3.05, 3.63) is 35.4 Å². The lowest BCUT2D eigenvalue weighted by molar-refractivity contribution is 0.243. The van der Waals surface area contributed by atoms with Crippen LogP contribution in [0, 0.1) is 17.2 Å². The highest BCUT2D eigenvalue weighted by atomic mass is 32.2. The summed E-state index contributed by atoms with van der Waals surface area (Å²) in [5, 5.41) is 8.88. The average molecular weight is 307 g/mol. The maximum Gasteiger partial charge on any atom is 0.218 e. The molecule has 1 aromatic carbocycles. The third-order valence-electron chi connectivity index (χ3n) is 3.96. The highest BCUT2D eigenvalue weighted by molar-refractivity contribution is 7.88. The summed E-state index contributed by atoms with van der Waals surface area (Å²) in [4.78, 5) is 0. The van der Waals surface area contributed by atoms with Crippen molar-refractivity contribution in [1.29, 1.82) is 5.26 Å². The Morgan fingerprint density at radius 3 is 2.95 bits per heavy atom. The number of rotatable bonds is 4. The van der Waals surface area contributed by atoms with Crippen LogP contribution >= 0.6 is 0 Å². The zero-order valence-corrected chi connectivity index (χ0v) is 13.0. The zero-order chi connectivity index (χ0) is 15.5. The molecule has 5 nitrogen and oxygen atoms in total. The molecule has 2 rings (SSSR count). The topological polar surface area (TPSA) is 87.2 Å². The molecule has 2 N–H and O–H groups in total. The number of nitriles is 1. The van der Waals surface area contributed by atoms with Crippen LogP contribution < -0.4 is 5.73 Å². The molecule has 0 saturated carbocycles. The van der Waals surface area contributed by atoms with Gasteiger partial charge in [0, 0.05) is 19.1 Å². The summed E-state index contributed by atoms with van der Waals surface area (Å²) in [7, 11) is -3.36. The van der Waals surface area contributed by atoms with Gasteiger partial charge in [-0.15, -0.1) is 0 Å². The molecule has 21 heavy (non-hydrogen) atoms. The Hall–Kier alpha value is -1.42. The third-order valence-corrected chi connectivity index (χ3v) is 5.78. The van der Waals surface area contributed by atoms with Crippen molar-refractivity contribution in [2.24, 2.45) is 11.7 Å². The Bertz CT molecular complexity index is 635. The van der Waals surface area contributed by atoms with Gasteiger partial charge in [0.2, 0.25) is 10.0 Å². The standard InChI is InChI=1S/C15H21N3O2S/c1-12(17)15-6-3-7-18(10-15)21(19,20)11-14-5-2-4-13(8-14)9-16/h2,4-5,8,12,15H,3,6-7,10-11,17H2,1H3/t12-,15-/m0/s1. The summed E-state index contributed by atoms with van der Waals surface area (Å²) in [6.07, 6.45) is 1.83. The minimum Gasteiger partial charge on any atom is -0.328 e. The van der Waals surface area contributed by atoms with Gasteiger partial charge in [0.05, 0.1) is 17.4 Å². The largest absolute Gasteiger partial charge is 0.328 e. The zero-order valence-electron chi connectivity index (χ0n) is 12.2. The van der Waals surface area contributed by atoms with E-state index >= 15 is 0 Å². The second-order valence-corrected chi connectivity index (χ2v) is 7.66. The van der Waals surface area contributed by atoms with Crippen molar-refractivity contribution in [3.63, 3.8) is 0 Å². The van der Waals surface area contributed by atoms with Gasteiger partial charge >= 0.3 is 0 Å². The molecule has 6 heteroatoms. The van der Waals surface area contributed by atoms with E-state index in [0.717, 1.165) is 12.8 Å². The van der Waals surface area contributed by atoms with Crippen LogP contribution in [0.1, 0.15) is 30.9 Å². The molecule has 0 bridgehead atoms. The molecule has 1 aromatic rings. The van der Waals surface area contributed by atoms with Crippen LogP contribution in [0.2, 0.25) is 0 Å².